The first-order valence-corrected chi connectivity index (χ1v) is 11.2. The lowest BCUT2D eigenvalue weighted by molar-refractivity contribution is 0.102. The molecule has 156 valence electrons. The standard InChI is InChI=1S/C23H18FN3O3S/c1-31(29,30)18-12-13-20(24)21(14-18)25-23(28)19-15-27(17-10-6-3-7-11-17)26-22(19)16-8-4-2-5-9-16/h2-15H,1H3,(H,25,28). The van der Waals surface area contributed by atoms with Crippen molar-refractivity contribution in [3.63, 3.8) is 0 Å². The number of halogens is 1. The van der Waals surface area contributed by atoms with E-state index >= 15 is 0 Å². The quantitative estimate of drug-likeness (QED) is 0.473. The molecule has 31 heavy (non-hydrogen) atoms. The number of sulfone groups is 1. The predicted molar refractivity (Wildman–Crippen MR) is 116 cm³/mol. The summed E-state index contributed by atoms with van der Waals surface area (Å²) in [7, 11) is -3.56. The topological polar surface area (TPSA) is 81.1 Å². The Labute approximate surface area is 178 Å². The Kier molecular flexibility index (Phi) is 5.39. The van der Waals surface area contributed by atoms with Gasteiger partial charge in [-0.05, 0) is 30.3 Å². The monoisotopic (exact) mass is 435 g/mol. The third kappa shape index (κ3) is 4.39. The number of aromatic nitrogens is 2. The number of rotatable bonds is 5. The van der Waals surface area contributed by atoms with Crippen molar-refractivity contribution in [1.82, 2.24) is 9.78 Å². The molecule has 0 fully saturated rings. The van der Waals surface area contributed by atoms with Crippen LogP contribution in [0.2, 0.25) is 0 Å². The van der Waals surface area contributed by atoms with Crippen molar-refractivity contribution >= 4 is 21.4 Å². The maximum atomic E-state index is 14.3. The number of carbonyl (C=O) groups is 1. The molecule has 4 rings (SSSR count). The van der Waals surface area contributed by atoms with Gasteiger partial charge in [-0.15, -0.1) is 0 Å². The molecule has 1 heterocycles. The summed E-state index contributed by atoms with van der Waals surface area (Å²) >= 11 is 0. The lowest BCUT2D eigenvalue weighted by Crippen LogP contribution is -2.14. The van der Waals surface area contributed by atoms with E-state index in [0.717, 1.165) is 30.1 Å². The van der Waals surface area contributed by atoms with E-state index in [2.05, 4.69) is 10.4 Å². The maximum Gasteiger partial charge on any atom is 0.259 e. The van der Waals surface area contributed by atoms with E-state index in [9.17, 15) is 17.6 Å². The molecule has 6 nitrogen and oxygen atoms in total. The molecule has 0 unspecified atom stereocenters. The van der Waals surface area contributed by atoms with Crippen LogP contribution in [0.1, 0.15) is 10.4 Å². The molecule has 0 spiro atoms. The van der Waals surface area contributed by atoms with Crippen LogP contribution in [0.25, 0.3) is 16.9 Å². The minimum atomic E-state index is -3.56. The first-order valence-electron chi connectivity index (χ1n) is 9.34. The molecule has 0 radical (unpaired) electrons. The zero-order valence-corrected chi connectivity index (χ0v) is 17.3. The van der Waals surface area contributed by atoms with Crippen molar-refractivity contribution in [2.45, 2.75) is 4.90 Å². The van der Waals surface area contributed by atoms with Gasteiger partial charge in [-0.3, -0.25) is 4.79 Å². The molecular weight excluding hydrogens is 417 g/mol. The molecule has 3 aromatic carbocycles. The summed E-state index contributed by atoms with van der Waals surface area (Å²) in [5.41, 5.74) is 1.89. The summed E-state index contributed by atoms with van der Waals surface area (Å²) in [6, 6.07) is 21.7. The number of hydrogen-bond acceptors (Lipinski definition) is 4. The van der Waals surface area contributed by atoms with Gasteiger partial charge in [-0.25, -0.2) is 17.5 Å². The fourth-order valence-electron chi connectivity index (χ4n) is 3.08. The van der Waals surface area contributed by atoms with Crippen LogP contribution in [0.4, 0.5) is 10.1 Å². The van der Waals surface area contributed by atoms with Gasteiger partial charge < -0.3 is 5.32 Å². The molecule has 0 aliphatic carbocycles. The molecule has 1 aromatic heterocycles. The number of anilines is 1. The van der Waals surface area contributed by atoms with Crippen molar-refractivity contribution in [1.29, 1.82) is 0 Å². The molecule has 1 N–H and O–H groups in total. The normalized spacial score (nSPS) is 11.3. The number of para-hydroxylation sites is 1. The van der Waals surface area contributed by atoms with E-state index in [1.165, 1.54) is 0 Å². The minimum Gasteiger partial charge on any atom is -0.319 e. The van der Waals surface area contributed by atoms with Crippen LogP contribution >= 0.6 is 0 Å². The van der Waals surface area contributed by atoms with Gasteiger partial charge in [-0.2, -0.15) is 5.10 Å². The fraction of sp³-hybridized carbons (Fsp3) is 0.0435. The van der Waals surface area contributed by atoms with E-state index in [-0.39, 0.29) is 16.1 Å². The lowest BCUT2D eigenvalue weighted by Gasteiger charge is -2.08. The molecule has 0 aliphatic heterocycles. The number of amides is 1. The van der Waals surface area contributed by atoms with Crippen LogP contribution in [-0.2, 0) is 9.84 Å². The van der Waals surface area contributed by atoms with Gasteiger partial charge in [0, 0.05) is 18.0 Å². The van der Waals surface area contributed by atoms with Gasteiger partial charge in [-0.1, -0.05) is 48.5 Å². The second-order valence-corrected chi connectivity index (χ2v) is 8.92. The Hall–Kier alpha value is -3.78. The van der Waals surface area contributed by atoms with E-state index in [4.69, 9.17) is 0 Å². The van der Waals surface area contributed by atoms with Gasteiger partial charge >= 0.3 is 0 Å². The van der Waals surface area contributed by atoms with Gasteiger partial charge in [0.1, 0.15) is 11.5 Å². The molecule has 0 atom stereocenters. The number of hydrogen-bond donors (Lipinski definition) is 1. The molecule has 1 amide bonds. The summed E-state index contributed by atoms with van der Waals surface area (Å²) in [5, 5.41) is 7.04. The van der Waals surface area contributed by atoms with Gasteiger partial charge in [0.05, 0.1) is 21.8 Å². The fourth-order valence-corrected chi connectivity index (χ4v) is 3.73. The first-order chi connectivity index (χ1) is 14.8. The van der Waals surface area contributed by atoms with Crippen LogP contribution < -0.4 is 5.32 Å². The van der Waals surface area contributed by atoms with Crippen molar-refractivity contribution < 1.29 is 17.6 Å². The molecule has 0 aliphatic rings. The minimum absolute atomic E-state index is 0.0903. The Morgan fingerprint density at radius 1 is 0.968 bits per heavy atom. The highest BCUT2D eigenvalue weighted by atomic mass is 32.2. The third-order valence-electron chi connectivity index (χ3n) is 4.64. The highest BCUT2D eigenvalue weighted by molar-refractivity contribution is 7.90. The van der Waals surface area contributed by atoms with E-state index in [0.29, 0.717) is 11.3 Å². The van der Waals surface area contributed by atoms with E-state index in [1.807, 2.05) is 60.7 Å². The average molecular weight is 435 g/mol. The maximum absolute atomic E-state index is 14.3. The van der Waals surface area contributed by atoms with Crippen molar-refractivity contribution in [2.75, 3.05) is 11.6 Å². The number of benzene rings is 3. The molecule has 0 bridgehead atoms. The van der Waals surface area contributed by atoms with Crippen molar-refractivity contribution in [2.24, 2.45) is 0 Å². The largest absolute Gasteiger partial charge is 0.319 e. The summed E-state index contributed by atoms with van der Waals surface area (Å²) in [4.78, 5) is 13.0. The van der Waals surface area contributed by atoms with Crippen LogP contribution in [0.5, 0.6) is 0 Å². The lowest BCUT2D eigenvalue weighted by atomic mass is 10.1. The highest BCUT2D eigenvalue weighted by Gasteiger charge is 2.20. The van der Waals surface area contributed by atoms with Crippen molar-refractivity contribution in [3.05, 3.63) is 96.4 Å². The Morgan fingerprint density at radius 3 is 2.26 bits per heavy atom. The van der Waals surface area contributed by atoms with Gasteiger partial charge in [0.25, 0.3) is 5.91 Å². The van der Waals surface area contributed by atoms with Crippen LogP contribution in [0, 0.1) is 5.82 Å². The second-order valence-electron chi connectivity index (χ2n) is 6.91. The van der Waals surface area contributed by atoms with Gasteiger partial charge in [0.2, 0.25) is 0 Å². The number of nitrogens with one attached hydrogen (secondary N) is 1. The molecular formula is C23H18FN3O3S. The van der Waals surface area contributed by atoms with Crippen molar-refractivity contribution in [3.8, 4) is 16.9 Å². The van der Waals surface area contributed by atoms with Crippen LogP contribution in [-0.4, -0.2) is 30.4 Å². The Bertz CT molecular complexity index is 1350. The van der Waals surface area contributed by atoms with E-state index in [1.54, 1.807) is 10.9 Å². The summed E-state index contributed by atoms with van der Waals surface area (Å²) in [6.45, 7) is 0. The summed E-state index contributed by atoms with van der Waals surface area (Å²) in [5.74, 6) is -1.34. The zero-order chi connectivity index (χ0) is 22.0. The average Bonchev–Trinajstić information content (AvgIpc) is 3.21. The van der Waals surface area contributed by atoms with Crippen LogP contribution in [0.15, 0.2) is 90.0 Å². The predicted octanol–water partition coefficient (Wildman–Crippen LogP) is 4.33. The first kappa shape index (κ1) is 20.5. The summed E-state index contributed by atoms with van der Waals surface area (Å²) in [6.07, 6.45) is 2.58. The molecule has 0 saturated heterocycles. The number of nitrogens with zero attached hydrogens (tertiary/aromatic N) is 2. The molecule has 8 heteroatoms. The van der Waals surface area contributed by atoms with Crippen LogP contribution in [0.3, 0.4) is 0 Å². The SMILES string of the molecule is CS(=O)(=O)c1ccc(F)c(NC(=O)c2cn(-c3ccccc3)nc2-c2ccccc2)c1. The Balaban J connectivity index is 1.77. The zero-order valence-electron chi connectivity index (χ0n) is 16.5. The smallest absolute Gasteiger partial charge is 0.259 e. The van der Waals surface area contributed by atoms with E-state index < -0.39 is 21.6 Å². The molecule has 4 aromatic rings. The number of carbonyl (C=O) groups excluding carboxylic acids is 1. The third-order valence-corrected chi connectivity index (χ3v) is 5.75. The highest BCUT2D eigenvalue weighted by Crippen LogP contribution is 2.26. The Morgan fingerprint density at radius 2 is 1.61 bits per heavy atom. The second kappa shape index (κ2) is 8.16. The van der Waals surface area contributed by atoms with Gasteiger partial charge in [0.15, 0.2) is 9.84 Å². The molecule has 0 saturated carbocycles. The summed E-state index contributed by atoms with van der Waals surface area (Å²) < 4.78 is 39.5.